The van der Waals surface area contributed by atoms with E-state index in [1.54, 1.807) is 0 Å². The number of benzene rings is 3. The van der Waals surface area contributed by atoms with Gasteiger partial charge in [-0.2, -0.15) is 0 Å². The van der Waals surface area contributed by atoms with Crippen molar-refractivity contribution >= 4 is 59.4 Å². The molecule has 0 saturated heterocycles. The van der Waals surface area contributed by atoms with Crippen LogP contribution in [-0.2, 0) is 13.0 Å². The van der Waals surface area contributed by atoms with Gasteiger partial charge < -0.3 is 14.6 Å². The first kappa shape index (κ1) is 19.2. The second-order valence-corrected chi connectivity index (χ2v) is 9.60. The van der Waals surface area contributed by atoms with Crippen molar-refractivity contribution in [2.24, 2.45) is 0 Å². The van der Waals surface area contributed by atoms with Crippen LogP contribution in [0.4, 0.5) is 5.69 Å². The first-order valence-corrected chi connectivity index (χ1v) is 11.6. The fraction of sp³-hybridized carbons (Fsp3) is 0.250. The quantitative estimate of drug-likeness (QED) is 0.355. The maximum absolute atomic E-state index is 11.0. The highest BCUT2D eigenvalue weighted by atomic mass is 79.9. The Hall–Kier alpha value is -1.82. The number of aliphatic hydroxyl groups excluding tert-OH is 1. The van der Waals surface area contributed by atoms with Crippen molar-refractivity contribution in [1.82, 2.24) is 4.57 Å². The molecule has 0 fully saturated rings. The number of rotatable bonds is 4. The molecule has 0 spiro atoms. The van der Waals surface area contributed by atoms with Gasteiger partial charge in [0.2, 0.25) is 0 Å². The van der Waals surface area contributed by atoms with E-state index in [1.807, 2.05) is 0 Å². The molecule has 1 aromatic heterocycles. The SMILES string of the molecule is OC(CN1CCCc2ccccc21)Cn1c2ccc(Br)cc2c2cc(Br)ccc21. The minimum atomic E-state index is -0.452. The summed E-state index contributed by atoms with van der Waals surface area (Å²) in [4.78, 5) is 2.34. The molecule has 0 aliphatic carbocycles. The van der Waals surface area contributed by atoms with E-state index < -0.39 is 6.10 Å². The minimum Gasteiger partial charge on any atom is -0.389 e. The Morgan fingerprint density at radius 3 is 2.21 bits per heavy atom. The highest BCUT2D eigenvalue weighted by molar-refractivity contribution is 9.10. The van der Waals surface area contributed by atoms with E-state index in [1.165, 1.54) is 22.0 Å². The summed E-state index contributed by atoms with van der Waals surface area (Å²) in [6, 6.07) is 21.3. The van der Waals surface area contributed by atoms with E-state index in [9.17, 15) is 5.11 Å². The van der Waals surface area contributed by atoms with Crippen LogP contribution in [0.15, 0.2) is 69.6 Å². The summed E-state index contributed by atoms with van der Waals surface area (Å²) in [5.41, 5.74) is 4.96. The molecular weight excluding hydrogens is 492 g/mol. The summed E-state index contributed by atoms with van der Waals surface area (Å²) >= 11 is 7.20. The number of para-hydroxylation sites is 1. The molecule has 148 valence electrons. The average molecular weight is 514 g/mol. The molecule has 0 radical (unpaired) electrons. The van der Waals surface area contributed by atoms with Gasteiger partial charge >= 0.3 is 0 Å². The summed E-state index contributed by atoms with van der Waals surface area (Å²) < 4.78 is 4.38. The van der Waals surface area contributed by atoms with Crippen LogP contribution in [0.3, 0.4) is 0 Å². The molecule has 0 bridgehead atoms. The van der Waals surface area contributed by atoms with E-state index in [2.05, 4.69) is 102 Å². The van der Waals surface area contributed by atoms with Crippen molar-refractivity contribution in [3.05, 3.63) is 75.2 Å². The van der Waals surface area contributed by atoms with Gasteiger partial charge in [-0.25, -0.2) is 0 Å². The molecule has 1 unspecified atom stereocenters. The third kappa shape index (κ3) is 3.60. The molecule has 1 atom stereocenters. The van der Waals surface area contributed by atoms with Gasteiger partial charge in [-0.1, -0.05) is 50.1 Å². The minimum absolute atomic E-state index is 0.452. The van der Waals surface area contributed by atoms with Crippen LogP contribution in [0.2, 0.25) is 0 Å². The van der Waals surface area contributed by atoms with Crippen LogP contribution >= 0.6 is 31.9 Å². The first-order chi connectivity index (χ1) is 14.1. The summed E-state index contributed by atoms with van der Waals surface area (Å²) in [7, 11) is 0. The van der Waals surface area contributed by atoms with Gasteiger partial charge in [-0.15, -0.1) is 0 Å². The number of halogens is 2. The maximum atomic E-state index is 11.0. The lowest BCUT2D eigenvalue weighted by Gasteiger charge is -2.33. The molecule has 3 aromatic carbocycles. The van der Waals surface area contributed by atoms with Gasteiger partial charge in [0, 0.05) is 49.5 Å². The van der Waals surface area contributed by atoms with E-state index in [-0.39, 0.29) is 0 Å². The van der Waals surface area contributed by atoms with Gasteiger partial charge in [0.05, 0.1) is 12.6 Å². The van der Waals surface area contributed by atoms with Crippen LogP contribution in [0.25, 0.3) is 21.8 Å². The number of hydrogen-bond acceptors (Lipinski definition) is 2. The molecule has 0 amide bonds. The van der Waals surface area contributed by atoms with Crippen molar-refractivity contribution in [2.45, 2.75) is 25.5 Å². The molecule has 29 heavy (non-hydrogen) atoms. The summed E-state index contributed by atoms with van der Waals surface area (Å²) in [6.45, 7) is 2.22. The van der Waals surface area contributed by atoms with E-state index >= 15 is 0 Å². The van der Waals surface area contributed by atoms with Gasteiger partial charge in [0.25, 0.3) is 0 Å². The lowest BCUT2D eigenvalue weighted by molar-refractivity contribution is 0.161. The highest BCUT2D eigenvalue weighted by Gasteiger charge is 2.20. The zero-order valence-corrected chi connectivity index (χ0v) is 19.2. The van der Waals surface area contributed by atoms with Crippen LogP contribution in [0.5, 0.6) is 0 Å². The zero-order valence-electron chi connectivity index (χ0n) is 16.0. The Morgan fingerprint density at radius 2 is 1.52 bits per heavy atom. The summed E-state index contributed by atoms with van der Waals surface area (Å²) in [5.74, 6) is 0. The predicted molar refractivity (Wildman–Crippen MR) is 128 cm³/mol. The standard InChI is InChI=1S/C24H22Br2N2O/c25-17-7-9-23-20(12-17)21-13-18(26)8-10-24(21)28(23)15-19(29)14-27-11-3-5-16-4-1-2-6-22(16)27/h1-2,4,6-10,12-13,19,29H,3,5,11,14-15H2. The Labute approximate surface area is 187 Å². The fourth-order valence-corrected chi connectivity index (χ4v) is 5.29. The van der Waals surface area contributed by atoms with Crippen LogP contribution < -0.4 is 4.90 Å². The number of anilines is 1. The largest absolute Gasteiger partial charge is 0.389 e. The molecule has 0 saturated carbocycles. The topological polar surface area (TPSA) is 28.4 Å². The third-order valence-electron chi connectivity index (χ3n) is 5.82. The highest BCUT2D eigenvalue weighted by Crippen LogP contribution is 2.33. The smallest absolute Gasteiger partial charge is 0.0893 e. The van der Waals surface area contributed by atoms with Crippen molar-refractivity contribution in [2.75, 3.05) is 18.0 Å². The van der Waals surface area contributed by atoms with Crippen molar-refractivity contribution in [3.63, 3.8) is 0 Å². The molecule has 5 heteroatoms. The molecule has 1 aliphatic rings. The molecule has 1 aliphatic heterocycles. The number of aromatic nitrogens is 1. The Kier molecular flexibility index (Phi) is 5.14. The van der Waals surface area contributed by atoms with Gasteiger partial charge in [-0.05, 0) is 60.9 Å². The second-order valence-electron chi connectivity index (χ2n) is 7.77. The first-order valence-electron chi connectivity index (χ1n) is 9.98. The molecule has 5 rings (SSSR count). The molecule has 1 N–H and O–H groups in total. The third-order valence-corrected chi connectivity index (χ3v) is 6.81. The predicted octanol–water partition coefficient (Wildman–Crippen LogP) is 6.13. The van der Waals surface area contributed by atoms with Crippen molar-refractivity contribution < 1.29 is 5.11 Å². The molecule has 3 nitrogen and oxygen atoms in total. The van der Waals surface area contributed by atoms with Crippen LogP contribution in [0.1, 0.15) is 12.0 Å². The van der Waals surface area contributed by atoms with Crippen LogP contribution in [-0.4, -0.2) is 28.9 Å². The molecule has 2 heterocycles. The molecular formula is C24H22Br2N2O. The number of fused-ring (bicyclic) bond motifs is 4. The zero-order chi connectivity index (χ0) is 20.0. The van der Waals surface area contributed by atoms with Gasteiger partial charge in [-0.3, -0.25) is 0 Å². The van der Waals surface area contributed by atoms with E-state index in [4.69, 9.17) is 0 Å². The monoisotopic (exact) mass is 512 g/mol. The lowest BCUT2D eigenvalue weighted by Crippen LogP contribution is -2.38. The van der Waals surface area contributed by atoms with Crippen molar-refractivity contribution in [3.8, 4) is 0 Å². The number of β-amino-alcohol motifs (C(OH)–C–C–N with tert-alkyl or cyclic N) is 1. The lowest BCUT2D eigenvalue weighted by atomic mass is 10.0. The Balaban J connectivity index is 1.49. The van der Waals surface area contributed by atoms with Crippen LogP contribution in [0, 0.1) is 0 Å². The maximum Gasteiger partial charge on any atom is 0.0893 e. The van der Waals surface area contributed by atoms with Gasteiger partial charge in [0.1, 0.15) is 0 Å². The fourth-order valence-electron chi connectivity index (χ4n) is 4.57. The van der Waals surface area contributed by atoms with Crippen molar-refractivity contribution in [1.29, 1.82) is 0 Å². The Bertz CT molecular complexity index is 1140. The number of nitrogens with zero attached hydrogens (tertiary/aromatic N) is 2. The summed E-state index contributed by atoms with van der Waals surface area (Å²) in [5, 5.41) is 13.4. The second kappa shape index (κ2) is 7.78. The number of aliphatic hydroxyl groups is 1. The van der Waals surface area contributed by atoms with E-state index in [0.717, 1.165) is 39.4 Å². The Morgan fingerprint density at radius 1 is 0.862 bits per heavy atom. The number of aryl methyl sites for hydroxylation is 1. The number of hydrogen-bond donors (Lipinski definition) is 1. The summed E-state index contributed by atoms with van der Waals surface area (Å²) in [6.07, 6.45) is 1.81. The van der Waals surface area contributed by atoms with E-state index in [0.29, 0.717) is 13.1 Å². The molecule has 4 aromatic rings. The van der Waals surface area contributed by atoms with Gasteiger partial charge in [0.15, 0.2) is 0 Å². The average Bonchev–Trinajstić information content (AvgIpc) is 3.00. The normalized spacial score (nSPS) is 15.1.